The van der Waals surface area contributed by atoms with Gasteiger partial charge in [-0.2, -0.15) is 5.10 Å². The third-order valence-electron chi connectivity index (χ3n) is 3.83. The summed E-state index contributed by atoms with van der Waals surface area (Å²) >= 11 is 0. The number of hydrogen-bond donors (Lipinski definition) is 2. The molecule has 0 amide bonds. The molecule has 7 nitrogen and oxygen atoms in total. The monoisotopic (exact) mass is 335 g/mol. The predicted octanol–water partition coefficient (Wildman–Crippen LogP) is 0.517. The number of halogens is 1. The average Bonchev–Trinajstić information content (AvgIpc) is 3.14. The fourth-order valence-corrected chi connectivity index (χ4v) is 3.37. The van der Waals surface area contributed by atoms with Gasteiger partial charge in [0, 0.05) is 18.8 Å². The van der Waals surface area contributed by atoms with E-state index in [4.69, 9.17) is 0 Å². The van der Waals surface area contributed by atoms with Crippen LogP contribution in [-0.2, 0) is 10.0 Å². The molecular formula is C12H22ClN5O2S. The van der Waals surface area contributed by atoms with E-state index >= 15 is 0 Å². The van der Waals surface area contributed by atoms with E-state index in [2.05, 4.69) is 20.3 Å². The van der Waals surface area contributed by atoms with Crippen LogP contribution in [-0.4, -0.2) is 49.3 Å². The zero-order valence-corrected chi connectivity index (χ0v) is 13.7. The van der Waals surface area contributed by atoms with Crippen LogP contribution in [0.1, 0.15) is 31.7 Å². The van der Waals surface area contributed by atoms with Gasteiger partial charge >= 0.3 is 0 Å². The molecular weight excluding hydrogens is 314 g/mol. The number of likely N-dealkylation sites (tertiary alicyclic amines) is 1. The zero-order valence-electron chi connectivity index (χ0n) is 12.0. The Hall–Kier alpha value is -0.670. The Labute approximate surface area is 131 Å². The molecule has 2 N–H and O–H groups in total. The second-order valence-electron chi connectivity index (χ2n) is 5.74. The van der Waals surface area contributed by atoms with Crippen LogP contribution >= 0.6 is 12.4 Å². The van der Waals surface area contributed by atoms with Gasteiger partial charge in [0.15, 0.2) is 0 Å². The van der Waals surface area contributed by atoms with E-state index in [1.54, 1.807) is 10.9 Å². The first-order valence-corrected chi connectivity index (χ1v) is 8.53. The van der Waals surface area contributed by atoms with E-state index in [-0.39, 0.29) is 23.3 Å². The Morgan fingerprint density at radius 1 is 1.33 bits per heavy atom. The van der Waals surface area contributed by atoms with E-state index in [0.29, 0.717) is 6.04 Å². The molecule has 0 aromatic carbocycles. The topological polar surface area (TPSA) is 79.3 Å². The maximum absolute atomic E-state index is 12.2. The normalized spacial score (nSPS) is 23.8. The van der Waals surface area contributed by atoms with Gasteiger partial charge < -0.3 is 4.90 Å². The second kappa shape index (κ2) is 6.62. The van der Waals surface area contributed by atoms with Crippen molar-refractivity contribution in [3.63, 3.8) is 0 Å². The summed E-state index contributed by atoms with van der Waals surface area (Å²) in [6, 6.07) is 0.543. The summed E-state index contributed by atoms with van der Waals surface area (Å²) in [7, 11) is -1.48. The summed E-state index contributed by atoms with van der Waals surface area (Å²) in [6.07, 6.45) is 7.25. The van der Waals surface area contributed by atoms with Gasteiger partial charge in [-0.25, -0.2) is 13.8 Å². The van der Waals surface area contributed by atoms with Crippen molar-refractivity contribution in [1.29, 1.82) is 0 Å². The summed E-state index contributed by atoms with van der Waals surface area (Å²) in [5, 5.41) is 4.11. The van der Waals surface area contributed by atoms with Crippen LogP contribution in [0.25, 0.3) is 0 Å². The summed E-state index contributed by atoms with van der Waals surface area (Å²) in [5.74, 6) is 0. The molecule has 0 bridgehead atoms. The smallest absolute Gasteiger partial charge is 0.256 e. The van der Waals surface area contributed by atoms with Crippen molar-refractivity contribution in [3.8, 4) is 0 Å². The van der Waals surface area contributed by atoms with Crippen molar-refractivity contribution < 1.29 is 8.42 Å². The molecule has 1 aliphatic carbocycles. The van der Waals surface area contributed by atoms with Crippen molar-refractivity contribution in [2.45, 2.75) is 42.7 Å². The van der Waals surface area contributed by atoms with Crippen LogP contribution in [0, 0.1) is 0 Å². The lowest BCUT2D eigenvalue weighted by molar-refractivity contribution is 0.223. The minimum absolute atomic E-state index is 0. The van der Waals surface area contributed by atoms with Crippen LogP contribution in [0.4, 0.5) is 0 Å². The molecule has 0 spiro atoms. The number of likely N-dealkylation sites (N-methyl/N-ethyl adjacent to an activating group) is 1. The lowest BCUT2D eigenvalue weighted by Crippen LogP contribution is -2.51. The Morgan fingerprint density at radius 3 is 2.76 bits per heavy atom. The van der Waals surface area contributed by atoms with Crippen molar-refractivity contribution in [1.82, 2.24) is 24.9 Å². The van der Waals surface area contributed by atoms with E-state index < -0.39 is 10.0 Å². The summed E-state index contributed by atoms with van der Waals surface area (Å²) in [4.78, 5) is 4.90. The first-order chi connectivity index (χ1) is 9.54. The van der Waals surface area contributed by atoms with Gasteiger partial charge in [0.05, 0.1) is 12.2 Å². The fourth-order valence-electron chi connectivity index (χ4n) is 2.50. The molecule has 1 aromatic heterocycles. The highest BCUT2D eigenvalue weighted by Gasteiger charge is 2.27. The van der Waals surface area contributed by atoms with Crippen LogP contribution in [0.15, 0.2) is 17.3 Å². The number of aromatic nitrogens is 2. The molecule has 0 radical (unpaired) electrons. The van der Waals surface area contributed by atoms with Crippen molar-refractivity contribution in [2.24, 2.45) is 0 Å². The Bertz CT molecular complexity index is 572. The highest BCUT2D eigenvalue weighted by atomic mass is 35.5. The maximum Gasteiger partial charge on any atom is 0.256 e. The van der Waals surface area contributed by atoms with Crippen LogP contribution in [0.3, 0.4) is 0 Å². The van der Waals surface area contributed by atoms with Gasteiger partial charge in [-0.15, -0.1) is 17.2 Å². The van der Waals surface area contributed by atoms with Crippen LogP contribution in [0.2, 0.25) is 0 Å². The molecule has 2 aliphatic rings. The number of rotatable bonds is 5. The van der Waals surface area contributed by atoms with E-state index in [1.165, 1.54) is 6.20 Å². The molecule has 1 saturated carbocycles. The molecule has 3 rings (SSSR count). The van der Waals surface area contributed by atoms with Crippen molar-refractivity contribution >= 4 is 22.4 Å². The van der Waals surface area contributed by atoms with Crippen LogP contribution < -0.4 is 10.3 Å². The third kappa shape index (κ3) is 4.17. The quantitative estimate of drug-likeness (QED) is 0.767. The largest absolute Gasteiger partial charge is 0.305 e. The Balaban J connectivity index is 0.00000161. The van der Waals surface area contributed by atoms with Crippen LogP contribution in [0.5, 0.6) is 0 Å². The third-order valence-corrected chi connectivity index (χ3v) is 5.05. The number of hydrogen-bond acceptors (Lipinski definition) is 5. The van der Waals surface area contributed by atoms with Gasteiger partial charge in [0.1, 0.15) is 4.90 Å². The highest BCUT2D eigenvalue weighted by Crippen LogP contribution is 2.34. The molecule has 1 saturated heterocycles. The minimum Gasteiger partial charge on any atom is -0.305 e. The summed E-state index contributed by atoms with van der Waals surface area (Å²) < 4.78 is 26.1. The first kappa shape index (κ1) is 16.7. The molecule has 21 heavy (non-hydrogen) atoms. The molecule has 9 heteroatoms. The minimum atomic E-state index is -3.53. The standard InChI is InChI=1S/C12H21N5O2S.ClH/c1-16-6-2-3-10(8-16)14-15-20(18,19)12-7-13-17(9-12)11-4-5-11;/h7,9-11,14-15H,2-6,8H2,1H3;1H. The summed E-state index contributed by atoms with van der Waals surface area (Å²) in [6.45, 7) is 1.92. The maximum atomic E-state index is 12.2. The average molecular weight is 336 g/mol. The van der Waals surface area contributed by atoms with Gasteiger partial charge in [-0.3, -0.25) is 4.68 Å². The fraction of sp³-hybridized carbons (Fsp3) is 0.750. The molecule has 2 heterocycles. The number of piperidine rings is 1. The Morgan fingerprint density at radius 2 is 2.10 bits per heavy atom. The van der Waals surface area contributed by atoms with Gasteiger partial charge in [-0.05, 0) is 39.3 Å². The van der Waals surface area contributed by atoms with Gasteiger partial charge in [0.25, 0.3) is 10.0 Å². The second-order valence-corrected chi connectivity index (χ2v) is 7.42. The molecule has 1 unspecified atom stereocenters. The van der Waals surface area contributed by atoms with E-state index in [9.17, 15) is 8.42 Å². The number of nitrogens with zero attached hydrogens (tertiary/aromatic N) is 3. The lowest BCUT2D eigenvalue weighted by Gasteiger charge is -2.30. The molecule has 120 valence electrons. The number of sulfonamides is 1. The number of hydrazine groups is 1. The van der Waals surface area contributed by atoms with Crippen molar-refractivity contribution in [3.05, 3.63) is 12.4 Å². The van der Waals surface area contributed by atoms with E-state index in [1.807, 2.05) is 7.05 Å². The number of nitrogens with one attached hydrogen (secondary N) is 2. The van der Waals surface area contributed by atoms with E-state index in [0.717, 1.165) is 38.8 Å². The molecule has 1 aromatic rings. The predicted molar refractivity (Wildman–Crippen MR) is 81.7 cm³/mol. The lowest BCUT2D eigenvalue weighted by atomic mass is 10.1. The molecule has 1 atom stereocenters. The van der Waals surface area contributed by atoms with Crippen molar-refractivity contribution in [2.75, 3.05) is 20.1 Å². The Kier molecular flexibility index (Phi) is 5.26. The molecule has 1 aliphatic heterocycles. The van der Waals surface area contributed by atoms with Gasteiger partial charge in [-0.1, -0.05) is 0 Å². The molecule has 2 fully saturated rings. The SMILES string of the molecule is CN1CCCC(NNS(=O)(=O)c2cnn(C3CC3)c2)C1.Cl. The first-order valence-electron chi connectivity index (χ1n) is 7.04. The summed E-state index contributed by atoms with van der Waals surface area (Å²) in [5.41, 5.74) is 2.93. The highest BCUT2D eigenvalue weighted by molar-refractivity contribution is 7.89. The zero-order chi connectivity index (χ0) is 14.2. The van der Waals surface area contributed by atoms with Gasteiger partial charge in [0.2, 0.25) is 0 Å².